The van der Waals surface area contributed by atoms with Gasteiger partial charge in [-0.25, -0.2) is 9.97 Å². The van der Waals surface area contributed by atoms with Crippen LogP contribution in [0, 0.1) is 0 Å². The summed E-state index contributed by atoms with van der Waals surface area (Å²) < 4.78 is 39.5. The average Bonchev–Trinajstić information content (AvgIpc) is 3.09. The molecule has 1 aliphatic rings. The van der Waals surface area contributed by atoms with Crippen molar-refractivity contribution >= 4 is 23.1 Å². The van der Waals surface area contributed by atoms with Crippen LogP contribution in [0.3, 0.4) is 0 Å². The fraction of sp³-hybridized carbons (Fsp3) is 0.588. The molecule has 0 atom stereocenters. The molecule has 3 heterocycles. The number of rotatable bonds is 5. The average molecular weight is 400 g/mol. The molecule has 0 radical (unpaired) electrons. The predicted molar refractivity (Wildman–Crippen MR) is 100 cm³/mol. The number of thiazole rings is 1. The molecule has 148 valence electrons. The highest BCUT2D eigenvalue weighted by atomic mass is 32.1. The Morgan fingerprint density at radius 1 is 1.11 bits per heavy atom. The first-order chi connectivity index (χ1) is 12.8. The minimum atomic E-state index is -4.49. The summed E-state index contributed by atoms with van der Waals surface area (Å²) >= 11 is 1.66. The van der Waals surface area contributed by atoms with E-state index in [4.69, 9.17) is 0 Å². The lowest BCUT2D eigenvalue weighted by atomic mass is 10.3. The van der Waals surface area contributed by atoms with Gasteiger partial charge in [0.25, 0.3) is 0 Å². The number of halogens is 3. The van der Waals surface area contributed by atoms with Gasteiger partial charge in [0.05, 0.1) is 10.7 Å². The van der Waals surface area contributed by atoms with E-state index in [1.54, 1.807) is 30.3 Å². The van der Waals surface area contributed by atoms with E-state index in [-0.39, 0.29) is 11.8 Å². The Morgan fingerprint density at radius 3 is 2.37 bits per heavy atom. The molecule has 0 unspecified atom stereocenters. The van der Waals surface area contributed by atoms with Gasteiger partial charge in [0.1, 0.15) is 5.82 Å². The Labute approximate surface area is 160 Å². The van der Waals surface area contributed by atoms with E-state index < -0.39 is 11.9 Å². The summed E-state index contributed by atoms with van der Waals surface area (Å²) in [6, 6.07) is 0.979. The summed E-state index contributed by atoms with van der Waals surface area (Å²) in [5, 5.41) is 3.20. The van der Waals surface area contributed by atoms with Crippen molar-refractivity contribution in [2.45, 2.75) is 26.1 Å². The monoisotopic (exact) mass is 400 g/mol. The molecule has 0 saturated carbocycles. The van der Waals surface area contributed by atoms with Crippen LogP contribution >= 0.6 is 11.3 Å². The number of nitrogens with zero attached hydrogens (tertiary/aromatic N) is 6. The van der Waals surface area contributed by atoms with Gasteiger partial charge in [0, 0.05) is 58.3 Å². The van der Waals surface area contributed by atoms with E-state index in [9.17, 15) is 13.2 Å². The van der Waals surface area contributed by atoms with E-state index in [2.05, 4.69) is 32.2 Å². The van der Waals surface area contributed by atoms with Crippen LogP contribution in [0.4, 0.5) is 24.9 Å². The summed E-state index contributed by atoms with van der Waals surface area (Å²) in [5.74, 6) is 0.388. The van der Waals surface area contributed by atoms with E-state index in [0.717, 1.165) is 42.8 Å². The maximum absolute atomic E-state index is 13.2. The second-order valence-corrected chi connectivity index (χ2v) is 7.60. The molecule has 3 rings (SSSR count). The standard InChI is InChI=1S/C17H23F3N6S/c1-4-15-21-12(11-27-15)10-25-5-7-26(8-6-25)16-22-13(17(18,19)20)9-14(23-16)24(2)3/h9,11H,4-8,10H2,1-3H3. The molecule has 27 heavy (non-hydrogen) atoms. The fourth-order valence-electron chi connectivity index (χ4n) is 2.86. The second-order valence-electron chi connectivity index (χ2n) is 6.65. The van der Waals surface area contributed by atoms with E-state index in [0.29, 0.717) is 13.1 Å². The Morgan fingerprint density at radius 2 is 1.81 bits per heavy atom. The van der Waals surface area contributed by atoms with Crippen LogP contribution in [0.2, 0.25) is 0 Å². The second kappa shape index (κ2) is 7.97. The summed E-state index contributed by atoms with van der Waals surface area (Å²) in [4.78, 5) is 18.3. The number of alkyl halides is 3. The quantitative estimate of drug-likeness (QED) is 0.769. The highest BCUT2D eigenvalue weighted by molar-refractivity contribution is 7.09. The number of hydrogen-bond donors (Lipinski definition) is 0. The molecule has 1 saturated heterocycles. The Balaban J connectivity index is 1.69. The maximum Gasteiger partial charge on any atom is 0.433 e. The van der Waals surface area contributed by atoms with Gasteiger partial charge in [-0.3, -0.25) is 4.90 Å². The van der Waals surface area contributed by atoms with Gasteiger partial charge in [-0.2, -0.15) is 18.2 Å². The molecule has 10 heteroatoms. The van der Waals surface area contributed by atoms with Crippen molar-refractivity contribution in [3.05, 3.63) is 27.8 Å². The van der Waals surface area contributed by atoms with Gasteiger partial charge in [-0.15, -0.1) is 11.3 Å². The predicted octanol–water partition coefficient (Wildman–Crippen LogP) is 2.90. The van der Waals surface area contributed by atoms with Crippen molar-refractivity contribution in [2.75, 3.05) is 50.1 Å². The number of aromatic nitrogens is 3. The third kappa shape index (κ3) is 4.86. The molecular formula is C17H23F3N6S. The van der Waals surface area contributed by atoms with Crippen LogP contribution in [-0.2, 0) is 19.1 Å². The van der Waals surface area contributed by atoms with Gasteiger partial charge in [-0.1, -0.05) is 6.92 Å². The Hall–Kier alpha value is -1.94. The van der Waals surface area contributed by atoms with Crippen molar-refractivity contribution in [2.24, 2.45) is 0 Å². The molecule has 6 nitrogen and oxygen atoms in total. The number of hydrogen-bond acceptors (Lipinski definition) is 7. The van der Waals surface area contributed by atoms with Gasteiger partial charge >= 0.3 is 6.18 Å². The van der Waals surface area contributed by atoms with Crippen molar-refractivity contribution < 1.29 is 13.2 Å². The maximum atomic E-state index is 13.2. The highest BCUT2D eigenvalue weighted by Crippen LogP contribution is 2.31. The third-order valence-corrected chi connectivity index (χ3v) is 5.43. The molecule has 2 aromatic rings. The first-order valence-corrected chi connectivity index (χ1v) is 9.68. The van der Waals surface area contributed by atoms with Gasteiger partial charge in [0.2, 0.25) is 5.95 Å². The van der Waals surface area contributed by atoms with E-state index >= 15 is 0 Å². The van der Waals surface area contributed by atoms with Crippen LogP contribution < -0.4 is 9.80 Å². The van der Waals surface area contributed by atoms with E-state index in [1.807, 2.05) is 4.90 Å². The van der Waals surface area contributed by atoms with Crippen LogP contribution in [0.25, 0.3) is 0 Å². The summed E-state index contributed by atoms with van der Waals surface area (Å²) in [5.41, 5.74) is 0.142. The molecule has 0 amide bonds. The van der Waals surface area contributed by atoms with Gasteiger partial charge < -0.3 is 9.80 Å². The molecule has 0 aliphatic carbocycles. The lowest BCUT2D eigenvalue weighted by molar-refractivity contribution is -0.141. The Kier molecular flexibility index (Phi) is 5.85. The van der Waals surface area contributed by atoms with Crippen molar-refractivity contribution in [3.8, 4) is 0 Å². The molecule has 0 aromatic carbocycles. The topological polar surface area (TPSA) is 48.4 Å². The van der Waals surface area contributed by atoms with Crippen molar-refractivity contribution in [1.82, 2.24) is 19.9 Å². The third-order valence-electron chi connectivity index (χ3n) is 4.39. The van der Waals surface area contributed by atoms with Crippen molar-refractivity contribution in [3.63, 3.8) is 0 Å². The summed E-state index contributed by atoms with van der Waals surface area (Å²) in [6.45, 7) is 5.47. The number of anilines is 2. The fourth-order valence-corrected chi connectivity index (χ4v) is 3.59. The molecule has 2 aromatic heterocycles. The molecule has 1 aliphatic heterocycles. The zero-order valence-electron chi connectivity index (χ0n) is 15.6. The molecule has 0 spiro atoms. The summed E-state index contributed by atoms with van der Waals surface area (Å²) in [6.07, 6.45) is -3.56. The lowest BCUT2D eigenvalue weighted by Gasteiger charge is -2.34. The largest absolute Gasteiger partial charge is 0.433 e. The van der Waals surface area contributed by atoms with Crippen LogP contribution in [-0.4, -0.2) is 60.1 Å². The minimum Gasteiger partial charge on any atom is -0.363 e. The van der Waals surface area contributed by atoms with Gasteiger partial charge in [-0.05, 0) is 6.42 Å². The summed E-state index contributed by atoms with van der Waals surface area (Å²) in [7, 11) is 3.34. The number of piperazine rings is 1. The first kappa shape index (κ1) is 19.8. The Bertz CT molecular complexity index is 768. The first-order valence-electron chi connectivity index (χ1n) is 8.80. The molecular weight excluding hydrogens is 377 g/mol. The highest BCUT2D eigenvalue weighted by Gasteiger charge is 2.34. The normalized spacial score (nSPS) is 16.0. The minimum absolute atomic E-state index is 0.134. The van der Waals surface area contributed by atoms with Crippen molar-refractivity contribution in [1.29, 1.82) is 0 Å². The molecule has 0 bridgehead atoms. The van der Waals surface area contributed by atoms with E-state index in [1.165, 1.54) is 0 Å². The van der Waals surface area contributed by atoms with Crippen LogP contribution in [0.15, 0.2) is 11.4 Å². The van der Waals surface area contributed by atoms with Gasteiger partial charge in [0.15, 0.2) is 5.69 Å². The molecule has 1 fully saturated rings. The van der Waals surface area contributed by atoms with Crippen LogP contribution in [0.5, 0.6) is 0 Å². The molecule has 0 N–H and O–H groups in total. The number of aryl methyl sites for hydroxylation is 1. The zero-order valence-corrected chi connectivity index (χ0v) is 16.4. The zero-order chi connectivity index (χ0) is 19.6. The lowest BCUT2D eigenvalue weighted by Crippen LogP contribution is -2.46. The SMILES string of the molecule is CCc1nc(CN2CCN(c3nc(N(C)C)cc(C(F)(F)F)n3)CC2)cs1. The van der Waals surface area contributed by atoms with Crippen LogP contribution in [0.1, 0.15) is 23.3 Å². The smallest absolute Gasteiger partial charge is 0.363 e.